The SMILES string of the molecule is CCCOc1ccc(/C=C/C(=O)OCC(=O)Nc2ccc(C)cc2C)cc1OC. The number of methoxy groups -OCH3 is 1. The van der Waals surface area contributed by atoms with Crippen molar-refractivity contribution in [3.63, 3.8) is 0 Å². The Kier molecular flexibility index (Phi) is 8.27. The number of amides is 1. The molecule has 0 bridgehead atoms. The van der Waals surface area contributed by atoms with Gasteiger partial charge in [-0.15, -0.1) is 0 Å². The topological polar surface area (TPSA) is 73.9 Å². The molecule has 2 aromatic carbocycles. The van der Waals surface area contributed by atoms with E-state index in [-0.39, 0.29) is 6.61 Å². The normalized spacial score (nSPS) is 10.6. The van der Waals surface area contributed by atoms with Gasteiger partial charge in [-0.05, 0) is 55.7 Å². The zero-order valence-electron chi connectivity index (χ0n) is 17.3. The summed E-state index contributed by atoms with van der Waals surface area (Å²) in [5.41, 5.74) is 3.51. The zero-order valence-corrected chi connectivity index (χ0v) is 17.3. The second-order valence-electron chi connectivity index (χ2n) is 6.57. The van der Waals surface area contributed by atoms with Gasteiger partial charge in [-0.1, -0.05) is 30.7 Å². The predicted molar refractivity (Wildman–Crippen MR) is 113 cm³/mol. The van der Waals surface area contributed by atoms with Gasteiger partial charge in [-0.3, -0.25) is 4.79 Å². The number of anilines is 1. The quantitative estimate of drug-likeness (QED) is 0.505. The summed E-state index contributed by atoms with van der Waals surface area (Å²) in [6.45, 7) is 6.15. The van der Waals surface area contributed by atoms with Crippen LogP contribution >= 0.6 is 0 Å². The maximum Gasteiger partial charge on any atom is 0.331 e. The minimum absolute atomic E-state index is 0.358. The summed E-state index contributed by atoms with van der Waals surface area (Å²) in [5.74, 6) is 0.239. The van der Waals surface area contributed by atoms with Crippen molar-refractivity contribution in [1.82, 2.24) is 0 Å². The third-order valence-corrected chi connectivity index (χ3v) is 4.06. The van der Waals surface area contributed by atoms with Crippen LogP contribution in [0.3, 0.4) is 0 Å². The molecule has 0 spiro atoms. The van der Waals surface area contributed by atoms with E-state index in [0.717, 1.165) is 23.1 Å². The van der Waals surface area contributed by atoms with Crippen LogP contribution < -0.4 is 14.8 Å². The number of benzene rings is 2. The molecule has 6 nitrogen and oxygen atoms in total. The van der Waals surface area contributed by atoms with Gasteiger partial charge in [0.2, 0.25) is 0 Å². The van der Waals surface area contributed by atoms with Crippen molar-refractivity contribution in [2.45, 2.75) is 27.2 Å². The highest BCUT2D eigenvalue weighted by atomic mass is 16.5. The van der Waals surface area contributed by atoms with E-state index in [9.17, 15) is 9.59 Å². The lowest BCUT2D eigenvalue weighted by molar-refractivity contribution is -0.142. The number of hydrogen-bond acceptors (Lipinski definition) is 5. The van der Waals surface area contributed by atoms with Crippen molar-refractivity contribution in [1.29, 1.82) is 0 Å². The van der Waals surface area contributed by atoms with Crippen LogP contribution in [0.25, 0.3) is 6.08 Å². The molecule has 0 aromatic heterocycles. The summed E-state index contributed by atoms with van der Waals surface area (Å²) in [6.07, 6.45) is 3.76. The van der Waals surface area contributed by atoms with E-state index in [2.05, 4.69) is 5.32 Å². The third kappa shape index (κ3) is 6.99. The lowest BCUT2D eigenvalue weighted by Gasteiger charge is -2.10. The highest BCUT2D eigenvalue weighted by molar-refractivity contribution is 5.95. The number of esters is 1. The van der Waals surface area contributed by atoms with Crippen LogP contribution in [0.5, 0.6) is 11.5 Å². The molecule has 6 heteroatoms. The molecule has 2 aromatic rings. The van der Waals surface area contributed by atoms with Crippen molar-refractivity contribution in [3.05, 3.63) is 59.2 Å². The van der Waals surface area contributed by atoms with E-state index >= 15 is 0 Å². The molecule has 0 aliphatic heterocycles. The fourth-order valence-corrected chi connectivity index (χ4v) is 2.61. The van der Waals surface area contributed by atoms with Crippen LogP contribution in [0, 0.1) is 13.8 Å². The molecule has 0 heterocycles. The number of carbonyl (C=O) groups is 2. The Balaban J connectivity index is 1.88. The Bertz CT molecular complexity index is 889. The van der Waals surface area contributed by atoms with E-state index in [1.54, 1.807) is 25.3 Å². The van der Waals surface area contributed by atoms with Gasteiger partial charge in [0.15, 0.2) is 18.1 Å². The van der Waals surface area contributed by atoms with Crippen LogP contribution in [0.1, 0.15) is 30.0 Å². The number of carbonyl (C=O) groups excluding carboxylic acids is 2. The van der Waals surface area contributed by atoms with Crippen LogP contribution in [0.2, 0.25) is 0 Å². The first-order valence-corrected chi connectivity index (χ1v) is 9.45. The summed E-state index contributed by atoms with van der Waals surface area (Å²) in [5, 5.41) is 2.73. The molecule has 29 heavy (non-hydrogen) atoms. The van der Waals surface area contributed by atoms with E-state index in [0.29, 0.717) is 23.8 Å². The van der Waals surface area contributed by atoms with E-state index < -0.39 is 11.9 Å². The first-order valence-electron chi connectivity index (χ1n) is 9.45. The van der Waals surface area contributed by atoms with E-state index in [1.165, 1.54) is 6.08 Å². The van der Waals surface area contributed by atoms with Gasteiger partial charge in [-0.25, -0.2) is 4.79 Å². The standard InChI is InChI=1S/C23H27NO5/c1-5-12-28-20-10-7-18(14-21(20)27-4)8-11-23(26)29-15-22(25)24-19-9-6-16(2)13-17(19)3/h6-11,13-14H,5,12,15H2,1-4H3,(H,24,25)/b11-8+. The van der Waals surface area contributed by atoms with Crippen molar-refractivity contribution in [3.8, 4) is 11.5 Å². The Morgan fingerprint density at radius 1 is 1.07 bits per heavy atom. The molecule has 0 fully saturated rings. The number of nitrogens with one attached hydrogen (secondary N) is 1. The summed E-state index contributed by atoms with van der Waals surface area (Å²) < 4.78 is 15.9. The number of aryl methyl sites for hydroxylation is 2. The molecule has 0 saturated heterocycles. The molecular weight excluding hydrogens is 370 g/mol. The van der Waals surface area contributed by atoms with Gasteiger partial charge in [0.05, 0.1) is 13.7 Å². The Hall–Kier alpha value is -3.28. The van der Waals surface area contributed by atoms with Crippen LogP contribution in [0.15, 0.2) is 42.5 Å². The average Bonchev–Trinajstić information content (AvgIpc) is 2.71. The van der Waals surface area contributed by atoms with Crippen LogP contribution in [-0.4, -0.2) is 32.2 Å². The molecule has 0 aliphatic carbocycles. The minimum atomic E-state index is -0.606. The highest BCUT2D eigenvalue weighted by Gasteiger charge is 2.08. The molecule has 154 valence electrons. The monoisotopic (exact) mass is 397 g/mol. The van der Waals surface area contributed by atoms with Crippen LogP contribution in [0.4, 0.5) is 5.69 Å². The zero-order chi connectivity index (χ0) is 21.2. The Morgan fingerprint density at radius 2 is 1.86 bits per heavy atom. The summed E-state index contributed by atoms with van der Waals surface area (Å²) in [6, 6.07) is 11.1. The molecule has 1 N–H and O–H groups in total. The van der Waals surface area contributed by atoms with Crippen molar-refractivity contribution < 1.29 is 23.8 Å². The molecule has 1 amide bonds. The number of rotatable bonds is 9. The maximum absolute atomic E-state index is 12.0. The van der Waals surface area contributed by atoms with E-state index in [1.807, 2.05) is 45.0 Å². The Morgan fingerprint density at radius 3 is 2.55 bits per heavy atom. The Labute approximate surface area is 171 Å². The summed E-state index contributed by atoms with van der Waals surface area (Å²) in [4.78, 5) is 23.9. The summed E-state index contributed by atoms with van der Waals surface area (Å²) in [7, 11) is 1.56. The molecule has 0 atom stereocenters. The van der Waals surface area contributed by atoms with Gasteiger partial charge in [0.1, 0.15) is 0 Å². The van der Waals surface area contributed by atoms with Crippen molar-refractivity contribution >= 4 is 23.6 Å². The predicted octanol–water partition coefficient (Wildman–Crippen LogP) is 4.30. The highest BCUT2D eigenvalue weighted by Crippen LogP contribution is 2.28. The molecule has 2 rings (SSSR count). The lowest BCUT2D eigenvalue weighted by Crippen LogP contribution is -2.20. The maximum atomic E-state index is 12.0. The molecule has 0 radical (unpaired) electrons. The van der Waals surface area contributed by atoms with Gasteiger partial charge in [0.25, 0.3) is 5.91 Å². The van der Waals surface area contributed by atoms with Crippen molar-refractivity contribution in [2.75, 3.05) is 25.6 Å². The third-order valence-electron chi connectivity index (χ3n) is 4.06. The van der Waals surface area contributed by atoms with Gasteiger partial charge in [-0.2, -0.15) is 0 Å². The summed E-state index contributed by atoms with van der Waals surface area (Å²) >= 11 is 0. The molecular formula is C23H27NO5. The molecule has 0 aliphatic rings. The second-order valence-corrected chi connectivity index (χ2v) is 6.57. The number of hydrogen-bond donors (Lipinski definition) is 1. The lowest BCUT2D eigenvalue weighted by atomic mass is 10.1. The fourth-order valence-electron chi connectivity index (χ4n) is 2.61. The smallest absolute Gasteiger partial charge is 0.331 e. The fraction of sp³-hybridized carbons (Fsp3) is 0.304. The minimum Gasteiger partial charge on any atom is -0.493 e. The van der Waals surface area contributed by atoms with Gasteiger partial charge >= 0.3 is 5.97 Å². The van der Waals surface area contributed by atoms with E-state index in [4.69, 9.17) is 14.2 Å². The van der Waals surface area contributed by atoms with Gasteiger partial charge in [0, 0.05) is 11.8 Å². The largest absolute Gasteiger partial charge is 0.493 e. The first-order chi connectivity index (χ1) is 13.9. The van der Waals surface area contributed by atoms with Crippen LogP contribution in [-0.2, 0) is 14.3 Å². The molecule has 0 unspecified atom stereocenters. The average molecular weight is 397 g/mol. The number of ether oxygens (including phenoxy) is 3. The first kappa shape index (κ1) is 22.0. The molecule has 0 saturated carbocycles. The van der Waals surface area contributed by atoms with Gasteiger partial charge < -0.3 is 19.5 Å². The second kappa shape index (κ2) is 10.9. The van der Waals surface area contributed by atoms with Crippen molar-refractivity contribution in [2.24, 2.45) is 0 Å².